The Labute approximate surface area is 86.6 Å². The van der Waals surface area contributed by atoms with Crippen molar-refractivity contribution in [1.82, 2.24) is 4.98 Å². The highest BCUT2D eigenvalue weighted by atomic mass is 16.4. The third-order valence-corrected chi connectivity index (χ3v) is 2.43. The van der Waals surface area contributed by atoms with Crippen molar-refractivity contribution in [1.29, 1.82) is 5.26 Å². The highest BCUT2D eigenvalue weighted by Gasteiger charge is 2.33. The fraction of sp³-hybridized carbons (Fsp3) is 0.300. The molecule has 0 aliphatic carbocycles. The van der Waals surface area contributed by atoms with Gasteiger partial charge in [-0.2, -0.15) is 5.26 Å². The molecule has 0 aromatic carbocycles. The molecule has 1 aliphatic rings. The molecule has 0 unspecified atom stereocenters. The summed E-state index contributed by atoms with van der Waals surface area (Å²) >= 11 is 0. The minimum absolute atomic E-state index is 0.289. The molecule has 15 heavy (non-hydrogen) atoms. The Hall–Kier alpha value is -2.09. The molecule has 0 radical (unpaired) electrons. The van der Waals surface area contributed by atoms with Crippen LogP contribution < -0.4 is 4.90 Å². The molecule has 2 rings (SSSR count). The van der Waals surface area contributed by atoms with E-state index in [1.54, 1.807) is 12.1 Å². The Morgan fingerprint density at radius 2 is 2.33 bits per heavy atom. The first-order chi connectivity index (χ1) is 7.20. The van der Waals surface area contributed by atoms with E-state index in [0.29, 0.717) is 18.7 Å². The smallest absolute Gasteiger partial charge is 0.310 e. The van der Waals surface area contributed by atoms with E-state index in [4.69, 9.17) is 10.4 Å². The van der Waals surface area contributed by atoms with Gasteiger partial charge in [-0.05, 0) is 12.1 Å². The Bertz CT molecular complexity index is 415. The van der Waals surface area contributed by atoms with Gasteiger partial charge in [-0.25, -0.2) is 4.98 Å². The van der Waals surface area contributed by atoms with Gasteiger partial charge in [-0.1, -0.05) is 0 Å². The third-order valence-electron chi connectivity index (χ3n) is 2.43. The number of carboxylic acids is 1. The summed E-state index contributed by atoms with van der Waals surface area (Å²) in [6.45, 7) is 0.989. The zero-order chi connectivity index (χ0) is 10.8. The molecule has 1 fully saturated rings. The van der Waals surface area contributed by atoms with Crippen molar-refractivity contribution >= 4 is 11.8 Å². The molecule has 1 saturated heterocycles. The average Bonchev–Trinajstić information content (AvgIpc) is 2.16. The molecule has 2 heterocycles. The van der Waals surface area contributed by atoms with Gasteiger partial charge >= 0.3 is 5.97 Å². The number of aliphatic carboxylic acids is 1. The summed E-state index contributed by atoms with van der Waals surface area (Å²) < 4.78 is 0. The number of nitriles is 1. The van der Waals surface area contributed by atoms with Crippen molar-refractivity contribution < 1.29 is 9.90 Å². The maximum absolute atomic E-state index is 10.6. The molecule has 1 aromatic rings. The van der Waals surface area contributed by atoms with Crippen LogP contribution in [0.15, 0.2) is 18.3 Å². The molecule has 5 nitrogen and oxygen atoms in total. The molecule has 76 valence electrons. The van der Waals surface area contributed by atoms with E-state index < -0.39 is 5.97 Å². The van der Waals surface area contributed by atoms with Crippen LogP contribution in [-0.2, 0) is 4.79 Å². The summed E-state index contributed by atoms with van der Waals surface area (Å²) in [6, 6.07) is 5.39. The zero-order valence-electron chi connectivity index (χ0n) is 7.92. The molecule has 0 spiro atoms. The number of rotatable bonds is 2. The van der Waals surface area contributed by atoms with E-state index in [2.05, 4.69) is 4.98 Å². The minimum Gasteiger partial charge on any atom is -0.481 e. The quantitative estimate of drug-likeness (QED) is 0.756. The van der Waals surface area contributed by atoms with Crippen LogP contribution in [0.25, 0.3) is 0 Å². The fourth-order valence-corrected chi connectivity index (χ4v) is 1.46. The number of hydrogen-bond donors (Lipinski definition) is 1. The summed E-state index contributed by atoms with van der Waals surface area (Å²) in [6.07, 6.45) is 1.49. The van der Waals surface area contributed by atoms with Gasteiger partial charge in [-0.3, -0.25) is 4.79 Å². The first-order valence-corrected chi connectivity index (χ1v) is 4.54. The zero-order valence-corrected chi connectivity index (χ0v) is 7.92. The highest BCUT2D eigenvalue weighted by Crippen LogP contribution is 2.22. The average molecular weight is 203 g/mol. The van der Waals surface area contributed by atoms with E-state index in [1.807, 2.05) is 11.0 Å². The second kappa shape index (κ2) is 3.58. The third kappa shape index (κ3) is 1.74. The molecule has 1 aliphatic heterocycles. The van der Waals surface area contributed by atoms with Crippen molar-refractivity contribution in [3.05, 3.63) is 23.9 Å². The van der Waals surface area contributed by atoms with E-state index in [0.717, 1.165) is 5.82 Å². The van der Waals surface area contributed by atoms with Crippen LogP contribution in [0, 0.1) is 17.2 Å². The van der Waals surface area contributed by atoms with Crippen LogP contribution >= 0.6 is 0 Å². The lowest BCUT2D eigenvalue weighted by molar-refractivity contribution is -0.142. The van der Waals surface area contributed by atoms with Gasteiger partial charge in [-0.15, -0.1) is 0 Å². The van der Waals surface area contributed by atoms with Crippen LogP contribution in [0.1, 0.15) is 5.56 Å². The van der Waals surface area contributed by atoms with Crippen molar-refractivity contribution in [3.8, 4) is 6.07 Å². The first-order valence-electron chi connectivity index (χ1n) is 4.54. The number of aromatic nitrogens is 1. The van der Waals surface area contributed by atoms with E-state index in [9.17, 15) is 4.79 Å². The van der Waals surface area contributed by atoms with Gasteiger partial charge in [0.1, 0.15) is 11.9 Å². The summed E-state index contributed by atoms with van der Waals surface area (Å²) in [5.74, 6) is -0.325. The summed E-state index contributed by atoms with van der Waals surface area (Å²) in [4.78, 5) is 16.5. The second-order valence-electron chi connectivity index (χ2n) is 3.46. The molecule has 0 amide bonds. The monoisotopic (exact) mass is 203 g/mol. The second-order valence-corrected chi connectivity index (χ2v) is 3.46. The Morgan fingerprint density at radius 1 is 1.60 bits per heavy atom. The van der Waals surface area contributed by atoms with E-state index >= 15 is 0 Å². The summed E-state index contributed by atoms with van der Waals surface area (Å²) in [5.41, 5.74) is 0.508. The lowest BCUT2D eigenvalue weighted by atomic mass is 10.0. The van der Waals surface area contributed by atoms with Gasteiger partial charge in [0.05, 0.1) is 11.5 Å². The largest absolute Gasteiger partial charge is 0.481 e. The molecule has 0 atom stereocenters. The van der Waals surface area contributed by atoms with Crippen molar-refractivity contribution in [3.63, 3.8) is 0 Å². The summed E-state index contributed by atoms with van der Waals surface area (Å²) in [5, 5.41) is 17.3. The SMILES string of the molecule is N#Cc1ccc(N2CC(C(=O)O)C2)nc1. The maximum atomic E-state index is 10.6. The topological polar surface area (TPSA) is 77.2 Å². The molecule has 0 saturated carbocycles. The molecule has 1 aromatic heterocycles. The van der Waals surface area contributed by atoms with Crippen molar-refractivity contribution in [2.24, 2.45) is 5.92 Å². The number of hydrogen-bond acceptors (Lipinski definition) is 4. The standard InChI is InChI=1S/C10H9N3O2/c11-3-7-1-2-9(12-4-7)13-5-8(6-13)10(14)15/h1-2,4,8H,5-6H2,(H,14,15). The van der Waals surface area contributed by atoms with Gasteiger partial charge < -0.3 is 10.0 Å². The lowest BCUT2D eigenvalue weighted by Gasteiger charge is -2.37. The fourth-order valence-electron chi connectivity index (χ4n) is 1.46. The number of carboxylic acid groups (broad SMARTS) is 1. The van der Waals surface area contributed by atoms with Crippen LogP contribution in [0.5, 0.6) is 0 Å². The van der Waals surface area contributed by atoms with Crippen LogP contribution in [-0.4, -0.2) is 29.1 Å². The minimum atomic E-state index is -0.764. The molecule has 0 bridgehead atoms. The van der Waals surface area contributed by atoms with Crippen LogP contribution in [0.3, 0.4) is 0 Å². The molecular formula is C10H9N3O2. The number of nitrogens with zero attached hydrogens (tertiary/aromatic N) is 3. The Balaban J connectivity index is 2.02. The first kappa shape index (κ1) is 9.46. The Kier molecular flexibility index (Phi) is 2.26. The van der Waals surface area contributed by atoms with Gasteiger partial charge in [0, 0.05) is 19.3 Å². The molecule has 1 N–H and O–H groups in total. The normalized spacial score (nSPS) is 15.5. The van der Waals surface area contributed by atoms with Gasteiger partial charge in [0.25, 0.3) is 0 Å². The van der Waals surface area contributed by atoms with Crippen molar-refractivity contribution in [2.75, 3.05) is 18.0 Å². The van der Waals surface area contributed by atoms with Crippen molar-refractivity contribution in [2.45, 2.75) is 0 Å². The van der Waals surface area contributed by atoms with Gasteiger partial charge in [0.15, 0.2) is 0 Å². The predicted octanol–water partition coefficient (Wildman–Crippen LogP) is 0.474. The van der Waals surface area contributed by atoms with E-state index in [1.165, 1.54) is 6.20 Å². The predicted molar refractivity (Wildman–Crippen MR) is 52.3 cm³/mol. The Morgan fingerprint density at radius 3 is 2.80 bits per heavy atom. The van der Waals surface area contributed by atoms with E-state index in [-0.39, 0.29) is 5.92 Å². The molecular weight excluding hydrogens is 194 g/mol. The lowest BCUT2D eigenvalue weighted by Crippen LogP contribution is -2.50. The maximum Gasteiger partial charge on any atom is 0.310 e. The molecule has 5 heteroatoms. The number of pyridine rings is 1. The summed E-state index contributed by atoms with van der Waals surface area (Å²) in [7, 11) is 0. The van der Waals surface area contributed by atoms with Crippen LogP contribution in [0.2, 0.25) is 0 Å². The van der Waals surface area contributed by atoms with Crippen LogP contribution in [0.4, 0.5) is 5.82 Å². The number of anilines is 1. The highest BCUT2D eigenvalue weighted by molar-refractivity contribution is 5.74. The number of carbonyl (C=O) groups is 1. The van der Waals surface area contributed by atoms with Gasteiger partial charge in [0.2, 0.25) is 0 Å².